The number of anilines is 1. The number of imidazole rings is 1. The zero-order chi connectivity index (χ0) is 18.4. The zero-order valence-corrected chi connectivity index (χ0v) is 15.9. The van der Waals surface area contributed by atoms with Crippen molar-refractivity contribution in [3.63, 3.8) is 0 Å². The number of ether oxygens (including phenoxy) is 1. The molecule has 6 nitrogen and oxygen atoms in total. The highest BCUT2D eigenvalue weighted by Crippen LogP contribution is 2.20. The summed E-state index contributed by atoms with van der Waals surface area (Å²) < 4.78 is 7.53. The molecular weight excluding hydrogens is 334 g/mol. The molecule has 1 heterocycles. The number of nitrogen functional groups attached to an aromatic ring is 1. The molecule has 2 aromatic rings. The Balaban J connectivity index is 1.99. The second-order valence-corrected chi connectivity index (χ2v) is 12.7. The minimum absolute atomic E-state index is 0.0955. The number of aromatic hydroxyl groups is 1. The molecule has 3 N–H and O–H groups in total. The highest BCUT2D eigenvalue weighted by molar-refractivity contribution is 6.76. The minimum atomic E-state index is -1.11. The quantitative estimate of drug-likeness (QED) is 0.188. The van der Waals surface area contributed by atoms with Gasteiger partial charge in [0.2, 0.25) is 0 Å². The monoisotopic (exact) mass is 359 g/mol. The van der Waals surface area contributed by atoms with Crippen LogP contribution in [0.1, 0.15) is 16.2 Å². The third kappa shape index (κ3) is 5.88. The fraction of sp³-hybridized carbons (Fsp3) is 0.333. The van der Waals surface area contributed by atoms with Crippen LogP contribution in [0.5, 0.6) is 5.75 Å². The topological polar surface area (TPSA) is 90.4 Å². The van der Waals surface area contributed by atoms with E-state index in [9.17, 15) is 9.90 Å². The molecule has 1 aromatic heterocycles. The van der Waals surface area contributed by atoms with Gasteiger partial charge in [-0.1, -0.05) is 19.6 Å². The highest BCUT2D eigenvalue weighted by Gasteiger charge is 2.12. The Morgan fingerprint density at radius 3 is 2.88 bits per heavy atom. The van der Waals surface area contributed by atoms with E-state index < -0.39 is 8.07 Å². The summed E-state index contributed by atoms with van der Waals surface area (Å²) in [5, 5.41) is 9.78. The summed E-state index contributed by atoms with van der Waals surface area (Å²) in [7, 11) is -1.11. The van der Waals surface area contributed by atoms with Crippen molar-refractivity contribution in [3.8, 4) is 5.75 Å². The van der Waals surface area contributed by atoms with Gasteiger partial charge in [0.25, 0.3) is 0 Å². The predicted octanol–water partition coefficient (Wildman–Crippen LogP) is 3.38. The number of nitrogens with zero attached hydrogens (tertiary/aromatic N) is 2. The first-order valence-corrected chi connectivity index (χ1v) is 11.9. The van der Waals surface area contributed by atoms with E-state index in [4.69, 9.17) is 10.5 Å². The second kappa shape index (κ2) is 8.13. The predicted molar refractivity (Wildman–Crippen MR) is 102 cm³/mol. The van der Waals surface area contributed by atoms with Gasteiger partial charge >= 0.3 is 0 Å². The number of phenolic OH excluding ortho intramolecular Hbond substituents is 1. The first kappa shape index (κ1) is 18.9. The van der Waals surface area contributed by atoms with E-state index in [0.717, 1.165) is 6.04 Å². The molecule has 0 amide bonds. The largest absolute Gasteiger partial charge is 0.507 e. The number of ketones is 1. The van der Waals surface area contributed by atoms with Crippen molar-refractivity contribution in [1.82, 2.24) is 9.55 Å². The number of phenols is 1. The Morgan fingerprint density at radius 2 is 2.16 bits per heavy atom. The molecule has 134 valence electrons. The first-order valence-electron chi connectivity index (χ1n) is 8.16. The van der Waals surface area contributed by atoms with Gasteiger partial charge in [0.05, 0.1) is 5.56 Å². The van der Waals surface area contributed by atoms with Crippen LogP contribution in [-0.2, 0) is 11.5 Å². The van der Waals surface area contributed by atoms with Gasteiger partial charge in [0.1, 0.15) is 18.3 Å². The molecule has 0 bridgehead atoms. The lowest BCUT2D eigenvalue weighted by atomic mass is 10.1. The summed E-state index contributed by atoms with van der Waals surface area (Å²) in [4.78, 5) is 16.4. The number of hydrogen-bond donors (Lipinski definition) is 2. The van der Waals surface area contributed by atoms with Gasteiger partial charge in [0, 0.05) is 32.8 Å². The van der Waals surface area contributed by atoms with Crippen LogP contribution in [0.25, 0.3) is 6.08 Å². The maximum absolute atomic E-state index is 12.2. The molecule has 25 heavy (non-hydrogen) atoms. The van der Waals surface area contributed by atoms with Gasteiger partial charge in [-0.05, 0) is 36.4 Å². The molecule has 1 aromatic carbocycles. The third-order valence-electron chi connectivity index (χ3n) is 3.64. The lowest BCUT2D eigenvalue weighted by Gasteiger charge is -2.15. The normalized spacial score (nSPS) is 12.0. The third-order valence-corrected chi connectivity index (χ3v) is 5.35. The van der Waals surface area contributed by atoms with Crippen LogP contribution in [0.2, 0.25) is 25.7 Å². The lowest BCUT2D eigenvalue weighted by molar-refractivity contribution is 0.0867. The van der Waals surface area contributed by atoms with Crippen molar-refractivity contribution in [2.45, 2.75) is 32.4 Å². The number of carbonyl (C=O) groups is 1. The molecule has 2 rings (SSSR count). The summed E-state index contributed by atoms with van der Waals surface area (Å²) >= 11 is 0. The highest BCUT2D eigenvalue weighted by atomic mass is 28.3. The molecule has 0 radical (unpaired) electrons. The molecule has 0 aliphatic carbocycles. The molecule has 0 unspecified atom stereocenters. The Morgan fingerprint density at radius 1 is 1.40 bits per heavy atom. The molecule has 0 aliphatic heterocycles. The SMILES string of the molecule is C[Si](C)(C)CCOCn1ccnc1C=CC(=O)c1cc(N)ccc1O. The number of rotatable bonds is 8. The van der Waals surface area contributed by atoms with Crippen LogP contribution in [0.3, 0.4) is 0 Å². The van der Waals surface area contributed by atoms with E-state index in [2.05, 4.69) is 24.6 Å². The Hall–Kier alpha value is -2.38. The molecule has 0 spiro atoms. The number of aromatic nitrogens is 2. The molecular formula is C18H25N3O3Si. The van der Waals surface area contributed by atoms with Crippen molar-refractivity contribution in [2.75, 3.05) is 12.3 Å². The smallest absolute Gasteiger partial charge is 0.189 e. The van der Waals surface area contributed by atoms with Gasteiger partial charge in [-0.3, -0.25) is 4.79 Å². The number of hydrogen-bond acceptors (Lipinski definition) is 5. The fourth-order valence-electron chi connectivity index (χ4n) is 2.12. The van der Waals surface area contributed by atoms with E-state index in [1.165, 1.54) is 18.2 Å². The minimum Gasteiger partial charge on any atom is -0.507 e. The van der Waals surface area contributed by atoms with Crippen LogP contribution in [-0.4, -0.2) is 35.1 Å². The van der Waals surface area contributed by atoms with E-state index in [1.807, 2.05) is 4.57 Å². The van der Waals surface area contributed by atoms with Crippen LogP contribution in [0, 0.1) is 0 Å². The summed E-state index contributed by atoms with van der Waals surface area (Å²) in [6, 6.07) is 5.50. The van der Waals surface area contributed by atoms with Crippen LogP contribution in [0.4, 0.5) is 5.69 Å². The first-order chi connectivity index (χ1) is 11.8. The Labute approximate surface area is 149 Å². The van der Waals surface area contributed by atoms with E-state index in [1.54, 1.807) is 24.5 Å². The maximum Gasteiger partial charge on any atom is 0.189 e. The Kier molecular flexibility index (Phi) is 6.16. The molecule has 0 aliphatic rings. The van der Waals surface area contributed by atoms with Crippen LogP contribution < -0.4 is 5.73 Å². The average Bonchev–Trinajstić information content (AvgIpc) is 2.98. The van der Waals surface area contributed by atoms with Crippen LogP contribution in [0.15, 0.2) is 36.7 Å². The number of benzene rings is 1. The standard InChI is InChI=1S/C18H25N3O3Si/c1-25(2,3)11-10-24-13-21-9-8-20-18(21)7-6-17(23)15-12-14(19)4-5-16(15)22/h4-9,12,22H,10-11,13,19H2,1-3H3. The number of nitrogens with two attached hydrogens (primary N) is 1. The van der Waals surface area contributed by atoms with Gasteiger partial charge in [-0.15, -0.1) is 0 Å². The van der Waals surface area contributed by atoms with Gasteiger partial charge in [0.15, 0.2) is 5.78 Å². The Bertz CT molecular complexity index is 763. The van der Waals surface area contributed by atoms with Crippen molar-refractivity contribution >= 4 is 25.6 Å². The number of carbonyl (C=O) groups excluding carboxylic acids is 1. The lowest BCUT2D eigenvalue weighted by Crippen LogP contribution is -2.22. The molecule has 7 heteroatoms. The van der Waals surface area contributed by atoms with E-state index in [-0.39, 0.29) is 17.1 Å². The summed E-state index contributed by atoms with van der Waals surface area (Å²) in [6.07, 6.45) is 6.43. The van der Waals surface area contributed by atoms with E-state index >= 15 is 0 Å². The van der Waals surface area contributed by atoms with Gasteiger partial charge < -0.3 is 20.1 Å². The van der Waals surface area contributed by atoms with Crippen LogP contribution >= 0.6 is 0 Å². The van der Waals surface area contributed by atoms with Gasteiger partial charge in [-0.25, -0.2) is 4.98 Å². The van der Waals surface area contributed by atoms with Crippen molar-refractivity contribution < 1.29 is 14.6 Å². The summed E-state index contributed by atoms with van der Waals surface area (Å²) in [5.74, 6) is 0.186. The summed E-state index contributed by atoms with van der Waals surface area (Å²) in [5.41, 5.74) is 6.25. The second-order valence-electron chi connectivity index (χ2n) is 7.08. The van der Waals surface area contributed by atoms with E-state index in [0.29, 0.717) is 24.8 Å². The molecule has 0 fully saturated rings. The van der Waals surface area contributed by atoms with Crippen molar-refractivity contribution in [1.29, 1.82) is 0 Å². The number of allylic oxidation sites excluding steroid dienone is 1. The molecule has 0 saturated carbocycles. The van der Waals surface area contributed by atoms with Crippen molar-refractivity contribution in [2.24, 2.45) is 0 Å². The molecule has 0 saturated heterocycles. The molecule has 0 atom stereocenters. The summed E-state index contributed by atoms with van der Waals surface area (Å²) in [6.45, 7) is 8.02. The van der Waals surface area contributed by atoms with Gasteiger partial charge in [-0.2, -0.15) is 0 Å². The fourth-order valence-corrected chi connectivity index (χ4v) is 2.88. The maximum atomic E-state index is 12.2. The van der Waals surface area contributed by atoms with Crippen molar-refractivity contribution in [3.05, 3.63) is 48.1 Å². The average molecular weight is 360 g/mol. The zero-order valence-electron chi connectivity index (χ0n) is 14.9.